The number of hydrogen-bond acceptors (Lipinski definition) is 3. The number of anilines is 1. The number of benzene rings is 1. The molecular formula is C12H14Br2N2O4. The molecule has 1 atom stereocenters. The fourth-order valence-corrected chi connectivity index (χ4v) is 2.86. The van der Waals surface area contributed by atoms with Gasteiger partial charge in [-0.05, 0) is 35.0 Å². The van der Waals surface area contributed by atoms with Gasteiger partial charge in [0.25, 0.3) is 0 Å². The molecule has 6 nitrogen and oxygen atoms in total. The zero-order valence-corrected chi connectivity index (χ0v) is 14.0. The molecular weight excluding hydrogens is 396 g/mol. The Bertz CT molecular complexity index is 522. The second-order valence-electron chi connectivity index (χ2n) is 4.07. The fraction of sp³-hybridized carbons (Fsp3) is 0.333. The molecule has 0 saturated heterocycles. The molecule has 110 valence electrons. The zero-order valence-electron chi connectivity index (χ0n) is 10.9. The van der Waals surface area contributed by atoms with Gasteiger partial charge in [0, 0.05) is 16.1 Å². The Morgan fingerprint density at radius 1 is 1.40 bits per heavy atom. The van der Waals surface area contributed by atoms with E-state index in [-0.39, 0.29) is 17.3 Å². The van der Waals surface area contributed by atoms with Crippen molar-refractivity contribution in [1.82, 2.24) is 5.32 Å². The largest absolute Gasteiger partial charge is 0.478 e. The Hall–Kier alpha value is -1.12. The van der Waals surface area contributed by atoms with E-state index in [1.54, 1.807) is 13.0 Å². The van der Waals surface area contributed by atoms with Crippen LogP contribution >= 0.6 is 31.9 Å². The molecule has 0 heterocycles. The van der Waals surface area contributed by atoms with Crippen LogP contribution in [0.25, 0.3) is 0 Å². The van der Waals surface area contributed by atoms with Crippen LogP contribution in [-0.4, -0.2) is 36.9 Å². The second kappa shape index (κ2) is 7.61. The van der Waals surface area contributed by atoms with Crippen LogP contribution in [0.3, 0.4) is 0 Å². The highest BCUT2D eigenvalue weighted by atomic mass is 79.9. The van der Waals surface area contributed by atoms with E-state index < -0.39 is 12.0 Å². The molecule has 1 unspecified atom stereocenters. The first kappa shape index (κ1) is 16.9. The molecule has 0 aliphatic carbocycles. The SMILES string of the molecule is COCC(C)NC(=O)Nc1c(Br)cc(Br)cc1C(=O)O. The number of aromatic carboxylic acids is 1. The maximum absolute atomic E-state index is 11.8. The van der Waals surface area contributed by atoms with Crippen molar-refractivity contribution in [2.24, 2.45) is 0 Å². The Morgan fingerprint density at radius 3 is 2.60 bits per heavy atom. The number of carboxylic acid groups (broad SMARTS) is 1. The molecule has 0 aromatic heterocycles. The Labute approximate surface area is 133 Å². The number of nitrogens with one attached hydrogen (secondary N) is 2. The van der Waals surface area contributed by atoms with E-state index in [9.17, 15) is 9.59 Å². The first-order valence-electron chi connectivity index (χ1n) is 5.64. The number of ether oxygens (including phenoxy) is 1. The maximum atomic E-state index is 11.8. The lowest BCUT2D eigenvalue weighted by Gasteiger charge is -2.15. The van der Waals surface area contributed by atoms with Crippen LogP contribution in [0.2, 0.25) is 0 Å². The molecule has 2 amide bonds. The molecule has 1 rings (SSSR count). The first-order valence-corrected chi connectivity index (χ1v) is 7.22. The molecule has 8 heteroatoms. The smallest absolute Gasteiger partial charge is 0.337 e. The van der Waals surface area contributed by atoms with Crippen LogP contribution in [0.15, 0.2) is 21.1 Å². The summed E-state index contributed by atoms with van der Waals surface area (Å²) < 4.78 is 5.97. The molecule has 1 aromatic rings. The van der Waals surface area contributed by atoms with Crippen molar-refractivity contribution in [1.29, 1.82) is 0 Å². The fourth-order valence-electron chi connectivity index (χ4n) is 1.53. The summed E-state index contributed by atoms with van der Waals surface area (Å²) in [4.78, 5) is 23.0. The normalized spacial score (nSPS) is 11.8. The molecule has 0 bridgehead atoms. The summed E-state index contributed by atoms with van der Waals surface area (Å²) in [7, 11) is 1.53. The molecule has 20 heavy (non-hydrogen) atoms. The van der Waals surface area contributed by atoms with Crippen molar-refractivity contribution in [2.45, 2.75) is 13.0 Å². The Kier molecular flexibility index (Phi) is 6.44. The lowest BCUT2D eigenvalue weighted by Crippen LogP contribution is -2.38. The number of methoxy groups -OCH3 is 1. The van der Waals surface area contributed by atoms with Gasteiger partial charge in [0.05, 0.1) is 23.9 Å². The van der Waals surface area contributed by atoms with Gasteiger partial charge >= 0.3 is 12.0 Å². The summed E-state index contributed by atoms with van der Waals surface area (Å²) in [5.74, 6) is -1.13. The van der Waals surface area contributed by atoms with Gasteiger partial charge in [0.1, 0.15) is 0 Å². The average Bonchev–Trinajstić information content (AvgIpc) is 2.32. The van der Waals surface area contributed by atoms with Crippen LogP contribution in [0.5, 0.6) is 0 Å². The van der Waals surface area contributed by atoms with E-state index in [0.717, 1.165) is 0 Å². The van der Waals surface area contributed by atoms with Crippen molar-refractivity contribution in [3.63, 3.8) is 0 Å². The van der Waals surface area contributed by atoms with Crippen molar-refractivity contribution in [2.75, 3.05) is 19.0 Å². The minimum atomic E-state index is -1.13. The highest BCUT2D eigenvalue weighted by Crippen LogP contribution is 2.30. The highest BCUT2D eigenvalue weighted by molar-refractivity contribution is 9.11. The van der Waals surface area contributed by atoms with Crippen LogP contribution in [0.1, 0.15) is 17.3 Å². The van der Waals surface area contributed by atoms with Gasteiger partial charge < -0.3 is 20.5 Å². The summed E-state index contributed by atoms with van der Waals surface area (Å²) in [6.07, 6.45) is 0. The molecule has 0 aliphatic heterocycles. The number of carboxylic acids is 1. The first-order chi connectivity index (χ1) is 9.35. The van der Waals surface area contributed by atoms with E-state index in [4.69, 9.17) is 9.84 Å². The van der Waals surface area contributed by atoms with Crippen molar-refractivity contribution >= 4 is 49.5 Å². The highest BCUT2D eigenvalue weighted by Gasteiger charge is 2.17. The number of hydrogen-bond donors (Lipinski definition) is 3. The lowest BCUT2D eigenvalue weighted by molar-refractivity contribution is 0.0698. The number of carbonyl (C=O) groups excluding carboxylic acids is 1. The lowest BCUT2D eigenvalue weighted by atomic mass is 10.2. The summed E-state index contributed by atoms with van der Waals surface area (Å²) >= 11 is 6.44. The maximum Gasteiger partial charge on any atom is 0.337 e. The van der Waals surface area contributed by atoms with Crippen LogP contribution < -0.4 is 10.6 Å². The Balaban J connectivity index is 2.91. The van der Waals surface area contributed by atoms with Gasteiger partial charge in [-0.2, -0.15) is 0 Å². The number of amides is 2. The van der Waals surface area contributed by atoms with Crippen molar-refractivity contribution in [3.05, 3.63) is 26.6 Å². The average molecular weight is 410 g/mol. The molecule has 1 aromatic carbocycles. The third kappa shape index (κ3) is 4.77. The minimum absolute atomic E-state index is 0.0132. The van der Waals surface area contributed by atoms with E-state index >= 15 is 0 Å². The second-order valence-corrected chi connectivity index (χ2v) is 5.84. The zero-order chi connectivity index (χ0) is 15.3. The Morgan fingerprint density at radius 2 is 2.05 bits per heavy atom. The quantitative estimate of drug-likeness (QED) is 0.697. The van der Waals surface area contributed by atoms with Gasteiger partial charge in [0.2, 0.25) is 0 Å². The van der Waals surface area contributed by atoms with Gasteiger partial charge in [-0.25, -0.2) is 9.59 Å². The summed E-state index contributed by atoms with van der Waals surface area (Å²) in [5, 5.41) is 14.3. The molecule has 0 saturated carbocycles. The van der Waals surface area contributed by atoms with Crippen LogP contribution in [-0.2, 0) is 4.74 Å². The van der Waals surface area contributed by atoms with Crippen LogP contribution in [0, 0.1) is 0 Å². The van der Waals surface area contributed by atoms with Crippen molar-refractivity contribution < 1.29 is 19.4 Å². The van der Waals surface area contributed by atoms with E-state index in [0.29, 0.717) is 15.6 Å². The predicted molar refractivity (Wildman–Crippen MR) is 82.3 cm³/mol. The predicted octanol–water partition coefficient (Wildman–Crippen LogP) is 3.07. The monoisotopic (exact) mass is 408 g/mol. The van der Waals surface area contributed by atoms with Crippen molar-refractivity contribution in [3.8, 4) is 0 Å². The van der Waals surface area contributed by atoms with Gasteiger partial charge in [0.15, 0.2) is 0 Å². The van der Waals surface area contributed by atoms with Crippen LogP contribution in [0.4, 0.5) is 10.5 Å². The summed E-state index contributed by atoms with van der Waals surface area (Å²) in [5.41, 5.74) is 0.184. The number of halogens is 2. The summed E-state index contributed by atoms with van der Waals surface area (Å²) in [6, 6.07) is 2.38. The summed E-state index contributed by atoms with van der Waals surface area (Å²) in [6.45, 7) is 2.14. The third-order valence-corrected chi connectivity index (χ3v) is 3.40. The van der Waals surface area contributed by atoms with Gasteiger partial charge in [-0.15, -0.1) is 0 Å². The molecule has 3 N–H and O–H groups in total. The van der Waals surface area contributed by atoms with E-state index in [1.807, 2.05) is 0 Å². The minimum Gasteiger partial charge on any atom is -0.478 e. The molecule has 0 radical (unpaired) electrons. The topological polar surface area (TPSA) is 87.7 Å². The number of rotatable bonds is 5. The molecule has 0 spiro atoms. The molecule has 0 aliphatic rings. The standard InChI is InChI=1S/C12H14Br2N2O4/c1-6(5-20-2)15-12(19)16-10-8(11(17)18)3-7(13)4-9(10)14/h3-4,6H,5H2,1-2H3,(H,17,18)(H2,15,16,19). The number of urea groups is 1. The third-order valence-electron chi connectivity index (χ3n) is 2.32. The van der Waals surface area contributed by atoms with E-state index in [2.05, 4.69) is 42.5 Å². The molecule has 0 fully saturated rings. The number of carbonyl (C=O) groups is 2. The van der Waals surface area contributed by atoms with E-state index in [1.165, 1.54) is 13.2 Å². The van der Waals surface area contributed by atoms with Gasteiger partial charge in [-0.3, -0.25) is 0 Å². The van der Waals surface area contributed by atoms with Gasteiger partial charge in [-0.1, -0.05) is 15.9 Å².